The molecule has 0 spiro atoms. The quantitative estimate of drug-likeness (QED) is 0.890. The van der Waals surface area contributed by atoms with Crippen molar-refractivity contribution < 1.29 is 9.59 Å². The molecule has 1 saturated heterocycles. The van der Waals surface area contributed by atoms with Gasteiger partial charge in [-0.3, -0.25) is 9.59 Å². The standard InChI is InChI=1S/C17H21BrN2O2/c18-14-8-4-5-9-15(14)19-17(22)12-10-16(21)20(11-12)13-6-2-1-3-7-13/h4-5,8-9,12-13H,1-3,6-7,10-11H2,(H,19,22)/t12-/m0/s1. The van der Waals surface area contributed by atoms with Crippen LogP contribution in [0.1, 0.15) is 38.5 Å². The number of benzene rings is 1. The van der Waals surface area contributed by atoms with E-state index in [2.05, 4.69) is 21.2 Å². The second kappa shape index (κ2) is 6.82. The van der Waals surface area contributed by atoms with Crippen LogP contribution in [0.5, 0.6) is 0 Å². The summed E-state index contributed by atoms with van der Waals surface area (Å²) in [5, 5.41) is 2.93. The number of amides is 2. The van der Waals surface area contributed by atoms with Crippen LogP contribution in [-0.2, 0) is 9.59 Å². The maximum absolute atomic E-state index is 12.4. The molecule has 1 aromatic carbocycles. The van der Waals surface area contributed by atoms with E-state index in [1.807, 2.05) is 29.2 Å². The molecule has 22 heavy (non-hydrogen) atoms. The van der Waals surface area contributed by atoms with Crippen molar-refractivity contribution in [2.24, 2.45) is 5.92 Å². The fourth-order valence-electron chi connectivity index (χ4n) is 3.45. The summed E-state index contributed by atoms with van der Waals surface area (Å²) in [4.78, 5) is 26.6. The Morgan fingerprint density at radius 1 is 1.18 bits per heavy atom. The molecule has 4 nitrogen and oxygen atoms in total. The molecule has 0 radical (unpaired) electrons. The Bertz CT molecular complexity index is 570. The summed E-state index contributed by atoms with van der Waals surface area (Å²) in [5.74, 6) is -0.153. The topological polar surface area (TPSA) is 49.4 Å². The highest BCUT2D eigenvalue weighted by molar-refractivity contribution is 9.10. The van der Waals surface area contributed by atoms with Crippen LogP contribution in [0.15, 0.2) is 28.7 Å². The summed E-state index contributed by atoms with van der Waals surface area (Å²) >= 11 is 3.43. The monoisotopic (exact) mass is 364 g/mol. The number of likely N-dealkylation sites (tertiary alicyclic amines) is 1. The first-order chi connectivity index (χ1) is 10.6. The lowest BCUT2D eigenvalue weighted by Gasteiger charge is -2.31. The van der Waals surface area contributed by atoms with Gasteiger partial charge in [0.15, 0.2) is 0 Å². The fourth-order valence-corrected chi connectivity index (χ4v) is 3.83. The molecule has 1 aliphatic heterocycles. The molecule has 1 atom stereocenters. The average Bonchev–Trinajstić information content (AvgIpc) is 2.92. The molecule has 2 amide bonds. The smallest absolute Gasteiger partial charge is 0.229 e. The number of rotatable bonds is 3. The predicted molar refractivity (Wildman–Crippen MR) is 89.5 cm³/mol. The molecule has 5 heteroatoms. The van der Waals surface area contributed by atoms with E-state index in [-0.39, 0.29) is 17.7 Å². The number of carbonyl (C=O) groups is 2. The molecule has 3 rings (SSSR count). The Morgan fingerprint density at radius 3 is 2.64 bits per heavy atom. The van der Waals surface area contributed by atoms with Gasteiger partial charge in [0.2, 0.25) is 11.8 Å². The fraction of sp³-hybridized carbons (Fsp3) is 0.529. The molecule has 0 aromatic heterocycles. The van der Waals surface area contributed by atoms with Gasteiger partial charge in [-0.1, -0.05) is 31.4 Å². The van der Waals surface area contributed by atoms with Crippen molar-refractivity contribution in [3.05, 3.63) is 28.7 Å². The Morgan fingerprint density at radius 2 is 1.91 bits per heavy atom. The van der Waals surface area contributed by atoms with Gasteiger partial charge in [-0.2, -0.15) is 0 Å². The Labute approximate surface area is 139 Å². The number of nitrogens with one attached hydrogen (secondary N) is 1. The molecule has 1 N–H and O–H groups in total. The van der Waals surface area contributed by atoms with E-state index < -0.39 is 0 Å². The summed E-state index contributed by atoms with van der Waals surface area (Å²) in [6.07, 6.45) is 6.18. The van der Waals surface area contributed by atoms with Crippen molar-refractivity contribution in [1.82, 2.24) is 4.90 Å². The van der Waals surface area contributed by atoms with Gasteiger partial charge in [-0.25, -0.2) is 0 Å². The number of hydrogen-bond acceptors (Lipinski definition) is 2. The molecule has 118 valence electrons. The van der Waals surface area contributed by atoms with Crippen LogP contribution in [0, 0.1) is 5.92 Å². The van der Waals surface area contributed by atoms with Crippen molar-refractivity contribution >= 4 is 33.4 Å². The van der Waals surface area contributed by atoms with Crippen molar-refractivity contribution in [3.63, 3.8) is 0 Å². The van der Waals surface area contributed by atoms with Crippen molar-refractivity contribution in [2.75, 3.05) is 11.9 Å². The van der Waals surface area contributed by atoms with Gasteiger partial charge in [0, 0.05) is 23.5 Å². The molecule has 2 aliphatic rings. The lowest BCUT2D eigenvalue weighted by molar-refractivity contribution is -0.130. The zero-order chi connectivity index (χ0) is 15.5. The molecule has 2 fully saturated rings. The highest BCUT2D eigenvalue weighted by Crippen LogP contribution is 2.30. The molecule has 0 unspecified atom stereocenters. The minimum Gasteiger partial charge on any atom is -0.339 e. The average molecular weight is 365 g/mol. The van der Waals surface area contributed by atoms with E-state index in [0.717, 1.165) is 23.0 Å². The van der Waals surface area contributed by atoms with Gasteiger partial charge in [-0.15, -0.1) is 0 Å². The van der Waals surface area contributed by atoms with Gasteiger partial charge in [0.05, 0.1) is 11.6 Å². The summed E-state index contributed by atoms with van der Waals surface area (Å²) in [6.45, 7) is 0.569. The van der Waals surface area contributed by atoms with Gasteiger partial charge in [0.1, 0.15) is 0 Å². The third kappa shape index (κ3) is 3.35. The SMILES string of the molecule is O=C(Nc1ccccc1Br)[C@H]1CC(=O)N(C2CCCCC2)C1. The first-order valence-corrected chi connectivity index (χ1v) is 8.79. The number of para-hydroxylation sites is 1. The minimum absolute atomic E-state index is 0.0569. The van der Waals surface area contributed by atoms with E-state index in [1.165, 1.54) is 19.3 Å². The highest BCUT2D eigenvalue weighted by Gasteiger charge is 2.38. The predicted octanol–water partition coefficient (Wildman–Crippen LogP) is 3.57. The Hall–Kier alpha value is -1.36. The second-order valence-corrected chi connectivity index (χ2v) is 7.06. The summed E-state index contributed by atoms with van der Waals surface area (Å²) < 4.78 is 0.858. The largest absolute Gasteiger partial charge is 0.339 e. The second-order valence-electron chi connectivity index (χ2n) is 6.21. The zero-order valence-electron chi connectivity index (χ0n) is 12.6. The summed E-state index contributed by atoms with van der Waals surface area (Å²) in [7, 11) is 0. The molecule has 1 saturated carbocycles. The third-order valence-electron chi connectivity index (χ3n) is 4.68. The van der Waals surface area contributed by atoms with E-state index in [0.29, 0.717) is 19.0 Å². The zero-order valence-corrected chi connectivity index (χ0v) is 14.1. The van der Waals surface area contributed by atoms with Gasteiger partial charge in [0.25, 0.3) is 0 Å². The minimum atomic E-state index is -0.235. The Balaban J connectivity index is 1.62. The number of nitrogens with zero attached hydrogens (tertiary/aromatic N) is 1. The lowest BCUT2D eigenvalue weighted by Crippen LogP contribution is -2.38. The number of hydrogen-bond donors (Lipinski definition) is 1. The number of carbonyl (C=O) groups excluding carboxylic acids is 2. The molecule has 1 aliphatic carbocycles. The van der Waals surface area contributed by atoms with Crippen LogP contribution in [0.3, 0.4) is 0 Å². The normalized spacial score (nSPS) is 22.9. The van der Waals surface area contributed by atoms with Gasteiger partial charge >= 0.3 is 0 Å². The first kappa shape index (κ1) is 15.5. The van der Waals surface area contributed by atoms with E-state index in [4.69, 9.17) is 0 Å². The van der Waals surface area contributed by atoms with Crippen LogP contribution < -0.4 is 5.32 Å². The van der Waals surface area contributed by atoms with Gasteiger partial charge < -0.3 is 10.2 Å². The van der Waals surface area contributed by atoms with Crippen LogP contribution in [0.4, 0.5) is 5.69 Å². The summed E-state index contributed by atoms with van der Waals surface area (Å²) in [5.41, 5.74) is 0.760. The number of halogens is 1. The number of anilines is 1. The molecule has 0 bridgehead atoms. The molecular weight excluding hydrogens is 344 g/mol. The van der Waals surface area contributed by atoms with Crippen molar-refractivity contribution in [3.8, 4) is 0 Å². The van der Waals surface area contributed by atoms with E-state index in [9.17, 15) is 9.59 Å². The van der Waals surface area contributed by atoms with Crippen LogP contribution in [0.25, 0.3) is 0 Å². The highest BCUT2D eigenvalue weighted by atomic mass is 79.9. The van der Waals surface area contributed by atoms with E-state index in [1.54, 1.807) is 0 Å². The van der Waals surface area contributed by atoms with Gasteiger partial charge in [-0.05, 0) is 40.9 Å². The maximum Gasteiger partial charge on any atom is 0.229 e. The van der Waals surface area contributed by atoms with Crippen molar-refractivity contribution in [1.29, 1.82) is 0 Å². The molecule has 1 heterocycles. The molecule has 1 aromatic rings. The van der Waals surface area contributed by atoms with Crippen LogP contribution in [-0.4, -0.2) is 29.3 Å². The lowest BCUT2D eigenvalue weighted by atomic mass is 9.94. The van der Waals surface area contributed by atoms with Crippen LogP contribution in [0.2, 0.25) is 0 Å². The van der Waals surface area contributed by atoms with E-state index >= 15 is 0 Å². The first-order valence-electron chi connectivity index (χ1n) is 8.00. The van der Waals surface area contributed by atoms with Crippen molar-refractivity contribution in [2.45, 2.75) is 44.6 Å². The Kier molecular flexibility index (Phi) is 4.81. The summed E-state index contributed by atoms with van der Waals surface area (Å²) in [6, 6.07) is 7.89. The maximum atomic E-state index is 12.4. The molecular formula is C17H21BrN2O2. The van der Waals surface area contributed by atoms with Crippen LogP contribution >= 0.6 is 15.9 Å². The third-order valence-corrected chi connectivity index (χ3v) is 5.37.